The van der Waals surface area contributed by atoms with Gasteiger partial charge in [-0.15, -0.1) is 0 Å². The Balaban J connectivity index is 0.000000191. The molecule has 2 unspecified atom stereocenters. The number of Topliss-reactive ketones (excluding diaryl/α,β-unsaturated/α-hetero) is 2. The van der Waals surface area contributed by atoms with Crippen LogP contribution in [0.1, 0.15) is 85.9 Å². The van der Waals surface area contributed by atoms with Gasteiger partial charge in [0.25, 0.3) is 0 Å². The number of benzene rings is 2. The van der Waals surface area contributed by atoms with Crippen molar-refractivity contribution in [1.82, 2.24) is 20.0 Å². The van der Waals surface area contributed by atoms with Crippen molar-refractivity contribution >= 4 is 51.4 Å². The number of hydrogen-bond acceptors (Lipinski definition) is 6. The van der Waals surface area contributed by atoms with Crippen LogP contribution in [0.4, 0.5) is 9.59 Å². The lowest BCUT2D eigenvalue weighted by molar-refractivity contribution is -0.140. The van der Waals surface area contributed by atoms with Crippen molar-refractivity contribution in [3.8, 4) is 0 Å². The molecule has 4 aliphatic rings. The van der Waals surface area contributed by atoms with E-state index in [0.29, 0.717) is 24.0 Å². The summed E-state index contributed by atoms with van der Waals surface area (Å²) in [5.74, 6) is -0.505. The summed E-state index contributed by atoms with van der Waals surface area (Å²) >= 11 is 3.10. The molecule has 11 heteroatoms. The standard InChI is InChI=1S/C20H24N2O3.C12H18N2O2.C8H7BrO/c1-20(16-11-7-4-8-12-16)14-21(2)19(25)22(18(20)24)13-17(23)15-9-5-3-6-10-15;1-12(9-6-4-3-5-7-9)8-14(2)11(16)13-10(12)15;9-6-8(10)7-4-2-1-3-5-7/h3,5-6,9-11H,4,7-8,12-14H2,1-2H3;6H,3-5,7-8H2,1-2H3,(H,13,15,16);1-5H,6H2. The van der Waals surface area contributed by atoms with Crippen molar-refractivity contribution in [3.63, 3.8) is 0 Å². The number of hydrogen-bond donors (Lipinski definition) is 1. The Bertz CT molecular complexity index is 1680. The van der Waals surface area contributed by atoms with Gasteiger partial charge in [-0.2, -0.15) is 0 Å². The van der Waals surface area contributed by atoms with Crippen LogP contribution in [-0.4, -0.2) is 89.2 Å². The SMILES string of the molecule is CN1CC(C)(C2=CCCCC2)C(=O)N(CC(=O)c2ccccc2)C1=O.CN1CC(C)(C2=CCCCC2)C(=O)NC1=O.O=C(CBr)c1ccccc1. The second-order valence-electron chi connectivity index (χ2n) is 14.0. The molecule has 2 fully saturated rings. The summed E-state index contributed by atoms with van der Waals surface area (Å²) in [5.41, 5.74) is 2.30. The van der Waals surface area contributed by atoms with Crippen LogP contribution in [0, 0.1) is 10.8 Å². The normalized spacial score (nSPS) is 23.5. The van der Waals surface area contributed by atoms with Gasteiger partial charge < -0.3 is 9.80 Å². The van der Waals surface area contributed by atoms with Crippen LogP contribution >= 0.6 is 15.9 Å². The number of nitrogens with one attached hydrogen (secondary N) is 1. The third-order valence-corrected chi connectivity index (χ3v) is 10.6. The molecule has 0 saturated carbocycles. The van der Waals surface area contributed by atoms with E-state index in [9.17, 15) is 28.8 Å². The molecule has 2 aromatic carbocycles. The van der Waals surface area contributed by atoms with Crippen LogP contribution in [0.2, 0.25) is 0 Å². The molecule has 2 aliphatic heterocycles. The van der Waals surface area contributed by atoms with Gasteiger partial charge in [0.05, 0.1) is 22.7 Å². The Morgan fingerprint density at radius 1 is 0.706 bits per heavy atom. The van der Waals surface area contributed by atoms with Gasteiger partial charge in [0.1, 0.15) is 0 Å². The number of allylic oxidation sites excluding steroid dienone is 2. The third-order valence-electron chi connectivity index (χ3n) is 10.1. The Morgan fingerprint density at radius 2 is 1.20 bits per heavy atom. The molecule has 1 N–H and O–H groups in total. The minimum Gasteiger partial charge on any atom is -0.326 e. The van der Waals surface area contributed by atoms with Crippen molar-refractivity contribution in [3.05, 3.63) is 95.1 Å². The van der Waals surface area contributed by atoms with Crippen LogP contribution in [0.15, 0.2) is 84.0 Å². The van der Waals surface area contributed by atoms with Crippen molar-refractivity contribution in [1.29, 1.82) is 0 Å². The van der Waals surface area contributed by atoms with Crippen molar-refractivity contribution in [2.45, 2.75) is 65.2 Å². The van der Waals surface area contributed by atoms with E-state index >= 15 is 0 Å². The second kappa shape index (κ2) is 17.7. The van der Waals surface area contributed by atoms with E-state index in [0.717, 1.165) is 61.0 Å². The van der Waals surface area contributed by atoms with Gasteiger partial charge in [-0.1, -0.05) is 99.9 Å². The number of rotatable bonds is 7. The highest BCUT2D eigenvalue weighted by molar-refractivity contribution is 9.09. The highest BCUT2D eigenvalue weighted by atomic mass is 79.9. The van der Waals surface area contributed by atoms with E-state index in [-0.39, 0.29) is 36.0 Å². The Labute approximate surface area is 309 Å². The molecular formula is C40H49BrN4O6. The zero-order valence-corrected chi connectivity index (χ0v) is 31.7. The molecule has 2 heterocycles. The molecule has 0 radical (unpaired) electrons. The Hall–Kier alpha value is -4.38. The first kappa shape index (κ1) is 39.4. The van der Waals surface area contributed by atoms with Gasteiger partial charge in [-0.3, -0.25) is 29.4 Å². The summed E-state index contributed by atoms with van der Waals surface area (Å²) in [6.45, 7) is 4.47. The summed E-state index contributed by atoms with van der Waals surface area (Å²) in [7, 11) is 3.42. The number of imide groups is 2. The summed E-state index contributed by atoms with van der Waals surface area (Å²) in [4.78, 5) is 76.7. The molecule has 6 amide bonds. The summed E-state index contributed by atoms with van der Waals surface area (Å²) in [6, 6.07) is 17.3. The predicted octanol–water partition coefficient (Wildman–Crippen LogP) is 7.21. The van der Waals surface area contributed by atoms with Crippen molar-refractivity contribution in [2.24, 2.45) is 10.8 Å². The molecule has 2 aliphatic carbocycles. The zero-order chi connectivity index (χ0) is 37.2. The van der Waals surface area contributed by atoms with E-state index in [1.807, 2.05) is 50.2 Å². The van der Waals surface area contributed by atoms with E-state index in [2.05, 4.69) is 33.4 Å². The number of alkyl halides is 1. The Kier molecular flexibility index (Phi) is 13.7. The van der Waals surface area contributed by atoms with Crippen LogP contribution in [0.3, 0.4) is 0 Å². The summed E-state index contributed by atoms with van der Waals surface area (Å²) < 4.78 is 0. The van der Waals surface area contributed by atoms with Gasteiger partial charge in [0.2, 0.25) is 11.8 Å². The minimum atomic E-state index is -0.736. The van der Waals surface area contributed by atoms with Crippen LogP contribution in [-0.2, 0) is 9.59 Å². The van der Waals surface area contributed by atoms with E-state index in [1.165, 1.54) is 12.0 Å². The van der Waals surface area contributed by atoms with E-state index in [4.69, 9.17) is 0 Å². The average molecular weight is 762 g/mol. The van der Waals surface area contributed by atoms with Gasteiger partial charge in [0.15, 0.2) is 11.6 Å². The van der Waals surface area contributed by atoms with Crippen LogP contribution < -0.4 is 5.32 Å². The highest BCUT2D eigenvalue weighted by Crippen LogP contribution is 2.39. The van der Waals surface area contributed by atoms with Gasteiger partial charge in [-0.05, 0) is 65.2 Å². The average Bonchev–Trinajstić information content (AvgIpc) is 3.16. The summed E-state index contributed by atoms with van der Waals surface area (Å²) in [5, 5.41) is 2.82. The molecule has 6 rings (SSSR count). The first-order valence-corrected chi connectivity index (χ1v) is 18.7. The number of nitrogens with zero attached hydrogens (tertiary/aromatic N) is 3. The lowest BCUT2D eigenvalue weighted by Crippen LogP contribution is -2.61. The maximum absolute atomic E-state index is 13.2. The molecular weight excluding hydrogens is 712 g/mol. The molecule has 272 valence electrons. The molecule has 2 atom stereocenters. The Morgan fingerprint density at radius 3 is 1.69 bits per heavy atom. The molecule has 10 nitrogen and oxygen atoms in total. The molecule has 2 saturated heterocycles. The quantitative estimate of drug-likeness (QED) is 0.181. The number of carbonyl (C=O) groups is 6. The number of ketones is 2. The zero-order valence-electron chi connectivity index (χ0n) is 30.1. The van der Waals surface area contributed by atoms with Gasteiger partial charge in [0, 0.05) is 38.3 Å². The maximum Gasteiger partial charge on any atom is 0.326 e. The van der Waals surface area contributed by atoms with E-state index < -0.39 is 16.9 Å². The largest absolute Gasteiger partial charge is 0.326 e. The van der Waals surface area contributed by atoms with Gasteiger partial charge >= 0.3 is 12.1 Å². The fourth-order valence-electron chi connectivity index (χ4n) is 7.01. The molecule has 51 heavy (non-hydrogen) atoms. The first-order valence-electron chi connectivity index (χ1n) is 17.6. The lowest BCUT2D eigenvalue weighted by atomic mass is 9.74. The lowest BCUT2D eigenvalue weighted by Gasteiger charge is -2.44. The number of urea groups is 2. The molecule has 0 aromatic heterocycles. The fourth-order valence-corrected chi connectivity index (χ4v) is 7.34. The van der Waals surface area contributed by atoms with Crippen molar-refractivity contribution < 1.29 is 28.8 Å². The summed E-state index contributed by atoms with van der Waals surface area (Å²) in [6.07, 6.45) is 12.7. The second-order valence-corrected chi connectivity index (χ2v) is 14.5. The number of amides is 6. The molecule has 2 aromatic rings. The molecule has 0 bridgehead atoms. The first-order chi connectivity index (χ1) is 24.3. The predicted molar refractivity (Wildman–Crippen MR) is 201 cm³/mol. The smallest absolute Gasteiger partial charge is 0.326 e. The maximum atomic E-state index is 13.2. The topological polar surface area (TPSA) is 124 Å². The van der Waals surface area contributed by atoms with Gasteiger partial charge in [-0.25, -0.2) is 9.59 Å². The highest BCUT2D eigenvalue weighted by Gasteiger charge is 2.49. The van der Waals surface area contributed by atoms with Crippen LogP contribution in [0.25, 0.3) is 0 Å². The number of carbonyl (C=O) groups excluding carboxylic acids is 6. The number of halogens is 1. The van der Waals surface area contributed by atoms with E-state index in [1.54, 1.807) is 48.2 Å². The molecule has 0 spiro atoms. The van der Waals surface area contributed by atoms with Crippen LogP contribution in [0.5, 0.6) is 0 Å². The monoisotopic (exact) mass is 760 g/mol. The minimum absolute atomic E-state index is 0.126. The van der Waals surface area contributed by atoms with Crippen molar-refractivity contribution in [2.75, 3.05) is 39.1 Å². The fraction of sp³-hybridized carbons (Fsp3) is 0.450. The third kappa shape index (κ3) is 9.49.